The minimum Gasteiger partial charge on any atom is -0.382 e. The van der Waals surface area contributed by atoms with Crippen molar-refractivity contribution in [3.63, 3.8) is 0 Å². The largest absolute Gasteiger partial charge is 0.382 e. The average molecular weight is 479 g/mol. The molecule has 0 amide bonds. The Labute approximate surface area is 201 Å². The SMILES string of the molecule is C.CCCc1ccc(-c2cc(-c3nc(-c4ccc(S(=O)(=O)C(C)C)cc4)cnc3N)on2)cc1. The number of hydrogen-bond acceptors (Lipinski definition) is 7. The molecule has 0 aliphatic rings. The van der Waals surface area contributed by atoms with Gasteiger partial charge in [0.1, 0.15) is 5.69 Å². The highest BCUT2D eigenvalue weighted by Gasteiger charge is 2.20. The number of benzene rings is 2. The molecule has 0 bridgehead atoms. The van der Waals surface area contributed by atoms with Crippen molar-refractivity contribution < 1.29 is 12.9 Å². The monoisotopic (exact) mass is 478 g/mol. The zero-order valence-corrected chi connectivity index (χ0v) is 19.6. The smallest absolute Gasteiger partial charge is 0.189 e. The average Bonchev–Trinajstić information content (AvgIpc) is 3.30. The summed E-state index contributed by atoms with van der Waals surface area (Å²) in [7, 11) is -3.34. The lowest BCUT2D eigenvalue weighted by atomic mass is 10.1. The Kier molecular flexibility index (Phi) is 7.51. The predicted molar refractivity (Wildman–Crippen MR) is 136 cm³/mol. The maximum atomic E-state index is 12.4. The molecule has 34 heavy (non-hydrogen) atoms. The summed E-state index contributed by atoms with van der Waals surface area (Å²) in [6, 6.07) is 16.6. The van der Waals surface area contributed by atoms with Crippen LogP contribution in [0.2, 0.25) is 0 Å². The van der Waals surface area contributed by atoms with E-state index < -0.39 is 15.1 Å². The molecule has 2 aromatic carbocycles. The van der Waals surface area contributed by atoms with Gasteiger partial charge in [-0.2, -0.15) is 0 Å². The third-order valence-corrected chi connectivity index (χ3v) is 7.60. The summed E-state index contributed by atoms with van der Waals surface area (Å²) < 4.78 is 30.3. The van der Waals surface area contributed by atoms with E-state index in [1.54, 1.807) is 50.4 Å². The molecule has 4 aromatic rings. The Hall–Kier alpha value is -3.52. The van der Waals surface area contributed by atoms with Crippen molar-refractivity contribution in [2.24, 2.45) is 0 Å². The van der Waals surface area contributed by atoms with Crippen LogP contribution in [0.15, 0.2) is 70.2 Å². The van der Waals surface area contributed by atoms with E-state index in [0.29, 0.717) is 22.8 Å². The van der Waals surface area contributed by atoms with Crippen molar-refractivity contribution in [2.45, 2.75) is 51.2 Å². The normalized spacial score (nSPS) is 11.4. The van der Waals surface area contributed by atoms with Gasteiger partial charge in [0, 0.05) is 17.2 Å². The zero-order valence-electron chi connectivity index (χ0n) is 18.8. The van der Waals surface area contributed by atoms with E-state index in [-0.39, 0.29) is 18.1 Å². The Morgan fingerprint density at radius 1 is 0.971 bits per heavy atom. The van der Waals surface area contributed by atoms with E-state index in [1.165, 1.54) is 5.56 Å². The third kappa shape index (κ3) is 5.02. The number of anilines is 1. The summed E-state index contributed by atoms with van der Waals surface area (Å²) in [4.78, 5) is 9.14. The van der Waals surface area contributed by atoms with E-state index in [1.807, 2.05) is 12.1 Å². The Balaban J connectivity index is 0.00000324. The van der Waals surface area contributed by atoms with Gasteiger partial charge in [-0.05, 0) is 38.0 Å². The second kappa shape index (κ2) is 10.2. The highest BCUT2D eigenvalue weighted by molar-refractivity contribution is 7.92. The molecule has 7 nitrogen and oxygen atoms in total. The standard InChI is InChI=1S/C25H26N4O3S.CH4/c1-4-5-17-6-8-18(9-7-17)21-14-23(32-29-21)24-25(26)27-15-22(28-24)19-10-12-20(13-11-19)33(30,31)16(2)3;/h6-16H,4-5H2,1-3H3,(H2,26,27);1H4. The molecule has 2 heterocycles. The molecule has 0 fully saturated rings. The van der Waals surface area contributed by atoms with Gasteiger partial charge in [-0.25, -0.2) is 18.4 Å². The van der Waals surface area contributed by atoms with Crippen LogP contribution in [-0.2, 0) is 16.3 Å². The molecule has 2 N–H and O–H groups in total. The summed E-state index contributed by atoms with van der Waals surface area (Å²) in [5.41, 5.74) is 10.6. The number of aromatic nitrogens is 3. The molecule has 0 saturated heterocycles. The van der Waals surface area contributed by atoms with Crippen LogP contribution in [0.4, 0.5) is 5.82 Å². The second-order valence-electron chi connectivity index (χ2n) is 8.13. The van der Waals surface area contributed by atoms with Crippen molar-refractivity contribution in [1.82, 2.24) is 15.1 Å². The number of aryl methyl sites for hydroxylation is 1. The van der Waals surface area contributed by atoms with E-state index in [2.05, 4.69) is 34.2 Å². The number of nitrogens with zero attached hydrogens (tertiary/aromatic N) is 3. The molecule has 0 spiro atoms. The molecular formula is C26H30N4O3S. The van der Waals surface area contributed by atoms with Gasteiger partial charge < -0.3 is 10.3 Å². The highest BCUT2D eigenvalue weighted by atomic mass is 32.2. The number of nitrogens with two attached hydrogens (primary N) is 1. The summed E-state index contributed by atoms with van der Waals surface area (Å²) in [6.45, 7) is 5.47. The van der Waals surface area contributed by atoms with E-state index in [9.17, 15) is 8.42 Å². The molecular weight excluding hydrogens is 448 g/mol. The van der Waals surface area contributed by atoms with Crippen molar-refractivity contribution in [3.05, 3.63) is 66.4 Å². The lowest BCUT2D eigenvalue weighted by Crippen LogP contribution is -2.13. The van der Waals surface area contributed by atoms with Crippen LogP contribution in [0.1, 0.15) is 40.2 Å². The van der Waals surface area contributed by atoms with Gasteiger partial charge in [-0.1, -0.05) is 62.3 Å². The molecule has 2 aromatic heterocycles. The quantitative estimate of drug-likeness (QED) is 0.356. The number of rotatable bonds is 7. The lowest BCUT2D eigenvalue weighted by molar-refractivity contribution is 0.434. The Bertz CT molecular complexity index is 1360. The Morgan fingerprint density at radius 2 is 1.59 bits per heavy atom. The molecule has 178 valence electrons. The maximum absolute atomic E-state index is 12.4. The first-order valence-corrected chi connectivity index (χ1v) is 12.4. The van der Waals surface area contributed by atoms with Gasteiger partial charge in [-0.3, -0.25) is 0 Å². The summed E-state index contributed by atoms with van der Waals surface area (Å²) in [5, 5.41) is 3.68. The molecule has 0 aliphatic heterocycles. The van der Waals surface area contributed by atoms with E-state index in [0.717, 1.165) is 24.0 Å². The fraction of sp³-hybridized carbons (Fsp3) is 0.269. The molecule has 0 unspecified atom stereocenters. The van der Waals surface area contributed by atoms with Crippen molar-refractivity contribution in [2.75, 3.05) is 5.73 Å². The molecule has 0 aliphatic carbocycles. The lowest BCUT2D eigenvalue weighted by Gasteiger charge is -2.09. The molecule has 4 rings (SSSR count). The second-order valence-corrected chi connectivity index (χ2v) is 10.6. The van der Waals surface area contributed by atoms with Crippen LogP contribution in [-0.4, -0.2) is 28.8 Å². The van der Waals surface area contributed by atoms with Crippen LogP contribution in [0, 0.1) is 0 Å². The van der Waals surface area contributed by atoms with Crippen LogP contribution in [0.25, 0.3) is 34.0 Å². The third-order valence-electron chi connectivity index (χ3n) is 5.43. The zero-order chi connectivity index (χ0) is 23.6. The molecule has 0 atom stereocenters. The summed E-state index contributed by atoms with van der Waals surface area (Å²) in [5.74, 6) is 0.632. The maximum Gasteiger partial charge on any atom is 0.189 e. The summed E-state index contributed by atoms with van der Waals surface area (Å²) in [6.07, 6.45) is 3.68. The molecule has 0 radical (unpaired) electrons. The first-order valence-electron chi connectivity index (χ1n) is 10.8. The van der Waals surface area contributed by atoms with Crippen molar-refractivity contribution in [1.29, 1.82) is 0 Å². The van der Waals surface area contributed by atoms with E-state index >= 15 is 0 Å². The number of hydrogen-bond donors (Lipinski definition) is 1. The van der Waals surface area contributed by atoms with Crippen LogP contribution >= 0.6 is 0 Å². The van der Waals surface area contributed by atoms with Crippen LogP contribution in [0.5, 0.6) is 0 Å². The van der Waals surface area contributed by atoms with Crippen LogP contribution < -0.4 is 5.73 Å². The van der Waals surface area contributed by atoms with Gasteiger partial charge in [-0.15, -0.1) is 0 Å². The first kappa shape index (κ1) is 25.1. The highest BCUT2D eigenvalue weighted by Crippen LogP contribution is 2.30. The number of sulfone groups is 1. The fourth-order valence-electron chi connectivity index (χ4n) is 3.46. The topological polar surface area (TPSA) is 112 Å². The van der Waals surface area contributed by atoms with Gasteiger partial charge in [0.2, 0.25) is 0 Å². The fourth-order valence-corrected chi connectivity index (χ4v) is 4.52. The first-order chi connectivity index (χ1) is 15.8. The van der Waals surface area contributed by atoms with Crippen molar-refractivity contribution in [3.8, 4) is 34.0 Å². The van der Waals surface area contributed by atoms with Gasteiger partial charge in [0.15, 0.2) is 27.1 Å². The van der Waals surface area contributed by atoms with Crippen LogP contribution in [0.3, 0.4) is 0 Å². The van der Waals surface area contributed by atoms with E-state index in [4.69, 9.17) is 10.3 Å². The Morgan fingerprint density at radius 3 is 2.21 bits per heavy atom. The molecule has 0 saturated carbocycles. The minimum atomic E-state index is -3.34. The summed E-state index contributed by atoms with van der Waals surface area (Å²) >= 11 is 0. The van der Waals surface area contributed by atoms with Gasteiger partial charge in [0.25, 0.3) is 0 Å². The minimum absolute atomic E-state index is 0. The van der Waals surface area contributed by atoms with Gasteiger partial charge in [0.05, 0.1) is 22.0 Å². The van der Waals surface area contributed by atoms with Crippen molar-refractivity contribution >= 4 is 15.7 Å². The molecule has 8 heteroatoms. The number of nitrogen functional groups attached to an aromatic ring is 1. The van der Waals surface area contributed by atoms with Gasteiger partial charge >= 0.3 is 0 Å². The predicted octanol–water partition coefficient (Wildman–Crippen LogP) is 5.82.